The van der Waals surface area contributed by atoms with E-state index in [1.807, 2.05) is 18.4 Å². The Morgan fingerprint density at radius 2 is 1.95 bits per heavy atom. The number of aryl methyl sites for hydroxylation is 1. The summed E-state index contributed by atoms with van der Waals surface area (Å²) in [4.78, 5) is 28.9. The minimum absolute atomic E-state index is 0.110. The number of hydrogen-bond acceptors (Lipinski definition) is 5. The van der Waals surface area contributed by atoms with Crippen LogP contribution in [0.3, 0.4) is 0 Å². The maximum Gasteiger partial charge on any atom is 0.336 e. The van der Waals surface area contributed by atoms with E-state index in [4.69, 9.17) is 4.74 Å². The highest BCUT2D eigenvalue weighted by atomic mass is 32.1. The molecule has 1 amide bonds. The standard InChI is InChI=1S/C29H36FN3O4S/c1-5-6-11-26-32-28(37-4)24(16-31-27(34)25(38)14-18(2)3)33(26)17-20-13-12-19(15-23(20)30)21-9-7-8-10-22(21)29(35)36/h7-10,12-13,15,18,25,38H,5-6,11,14,16-17H2,1-4H3,(H,31,34)(H,35,36)/t25-/m0/s1. The second-order valence-electron chi connectivity index (χ2n) is 9.69. The van der Waals surface area contributed by atoms with Crippen molar-refractivity contribution >= 4 is 24.5 Å². The van der Waals surface area contributed by atoms with E-state index in [1.54, 1.807) is 30.3 Å². The van der Waals surface area contributed by atoms with Crippen LogP contribution in [0.2, 0.25) is 0 Å². The minimum Gasteiger partial charge on any atom is -0.480 e. The summed E-state index contributed by atoms with van der Waals surface area (Å²) < 4.78 is 22.8. The molecule has 1 atom stereocenters. The van der Waals surface area contributed by atoms with Crippen LogP contribution in [0.1, 0.15) is 67.5 Å². The van der Waals surface area contributed by atoms with E-state index in [0.29, 0.717) is 47.0 Å². The monoisotopic (exact) mass is 541 g/mol. The SMILES string of the molecule is CCCCc1nc(OC)c(CNC(=O)[C@@H](S)CC(C)C)n1Cc1ccc(-c2ccccc2C(=O)O)cc1F. The van der Waals surface area contributed by atoms with Gasteiger partial charge in [-0.2, -0.15) is 17.6 Å². The predicted octanol–water partition coefficient (Wildman–Crippen LogP) is 5.75. The number of rotatable bonds is 13. The van der Waals surface area contributed by atoms with Gasteiger partial charge in [-0.1, -0.05) is 57.5 Å². The maximum atomic E-state index is 15.4. The number of aromatic carboxylic acids is 1. The van der Waals surface area contributed by atoms with E-state index in [9.17, 15) is 14.7 Å². The smallest absolute Gasteiger partial charge is 0.336 e. The van der Waals surface area contributed by atoms with Crippen molar-refractivity contribution in [2.75, 3.05) is 7.11 Å². The number of amides is 1. The number of ether oxygens (including phenoxy) is 1. The third-order valence-corrected chi connectivity index (χ3v) is 6.78. The number of carbonyl (C=O) groups is 2. The second kappa shape index (κ2) is 13.5. The van der Waals surface area contributed by atoms with Crippen molar-refractivity contribution in [2.45, 2.75) is 64.8 Å². The molecule has 1 heterocycles. The van der Waals surface area contributed by atoms with Gasteiger partial charge in [-0.3, -0.25) is 4.79 Å². The predicted molar refractivity (Wildman–Crippen MR) is 149 cm³/mol. The molecule has 3 aromatic rings. The van der Waals surface area contributed by atoms with E-state index in [-0.39, 0.29) is 24.6 Å². The van der Waals surface area contributed by atoms with Gasteiger partial charge in [0.1, 0.15) is 17.3 Å². The van der Waals surface area contributed by atoms with E-state index < -0.39 is 17.0 Å². The summed E-state index contributed by atoms with van der Waals surface area (Å²) in [5.74, 6) is -0.239. The lowest BCUT2D eigenvalue weighted by Crippen LogP contribution is -2.32. The van der Waals surface area contributed by atoms with Crippen molar-refractivity contribution < 1.29 is 23.8 Å². The van der Waals surface area contributed by atoms with Gasteiger partial charge in [-0.05, 0) is 42.0 Å². The molecule has 7 nitrogen and oxygen atoms in total. The molecule has 0 saturated carbocycles. The Hall–Kier alpha value is -3.33. The highest BCUT2D eigenvalue weighted by molar-refractivity contribution is 7.81. The summed E-state index contributed by atoms with van der Waals surface area (Å²) >= 11 is 4.44. The average molecular weight is 542 g/mol. The van der Waals surface area contributed by atoms with Gasteiger partial charge < -0.3 is 19.7 Å². The Balaban J connectivity index is 1.94. The minimum atomic E-state index is -1.07. The number of carbonyl (C=O) groups excluding carboxylic acids is 1. The Labute approximate surface area is 228 Å². The molecule has 0 aliphatic heterocycles. The van der Waals surface area contributed by atoms with Gasteiger partial charge in [-0.25, -0.2) is 9.18 Å². The summed E-state index contributed by atoms with van der Waals surface area (Å²) in [6, 6.07) is 11.3. The summed E-state index contributed by atoms with van der Waals surface area (Å²) in [5, 5.41) is 12.0. The summed E-state index contributed by atoms with van der Waals surface area (Å²) in [5.41, 5.74) is 2.11. The van der Waals surface area contributed by atoms with Crippen LogP contribution in [0.15, 0.2) is 42.5 Å². The molecule has 0 bridgehead atoms. The van der Waals surface area contributed by atoms with Gasteiger partial charge in [0.2, 0.25) is 11.8 Å². The number of halogens is 1. The fraction of sp³-hybridized carbons (Fsp3) is 0.414. The van der Waals surface area contributed by atoms with Crippen LogP contribution >= 0.6 is 12.6 Å². The van der Waals surface area contributed by atoms with Crippen LogP contribution in [0, 0.1) is 11.7 Å². The van der Waals surface area contributed by atoms with E-state index >= 15 is 4.39 Å². The van der Waals surface area contributed by atoms with Gasteiger partial charge in [0.05, 0.1) is 31.0 Å². The summed E-state index contributed by atoms with van der Waals surface area (Å²) in [6.45, 7) is 6.51. The first-order chi connectivity index (χ1) is 18.2. The molecule has 2 aromatic carbocycles. The van der Waals surface area contributed by atoms with Crippen LogP contribution in [0.4, 0.5) is 4.39 Å². The van der Waals surface area contributed by atoms with E-state index in [1.165, 1.54) is 19.2 Å². The lowest BCUT2D eigenvalue weighted by Gasteiger charge is -2.16. The van der Waals surface area contributed by atoms with Gasteiger partial charge in [0, 0.05) is 12.0 Å². The van der Waals surface area contributed by atoms with Crippen molar-refractivity contribution in [3.05, 3.63) is 70.9 Å². The molecule has 204 valence electrons. The zero-order chi connectivity index (χ0) is 27.8. The maximum absolute atomic E-state index is 15.4. The number of hydrogen-bond donors (Lipinski definition) is 3. The lowest BCUT2D eigenvalue weighted by molar-refractivity contribution is -0.121. The third-order valence-electron chi connectivity index (χ3n) is 6.34. The topological polar surface area (TPSA) is 93.5 Å². The van der Waals surface area contributed by atoms with Crippen LogP contribution in [0.5, 0.6) is 5.88 Å². The number of aromatic nitrogens is 2. The number of unbranched alkanes of at least 4 members (excludes halogenated alkanes) is 1. The van der Waals surface area contributed by atoms with Crippen molar-refractivity contribution in [3.63, 3.8) is 0 Å². The van der Waals surface area contributed by atoms with Crippen molar-refractivity contribution in [1.29, 1.82) is 0 Å². The van der Waals surface area contributed by atoms with Crippen molar-refractivity contribution in [2.24, 2.45) is 5.92 Å². The number of nitrogens with one attached hydrogen (secondary N) is 1. The molecule has 0 fully saturated rings. The van der Waals surface area contributed by atoms with Crippen LogP contribution in [-0.4, -0.2) is 38.9 Å². The molecule has 0 saturated heterocycles. The van der Waals surface area contributed by atoms with E-state index in [2.05, 4.69) is 29.9 Å². The first-order valence-corrected chi connectivity index (χ1v) is 13.4. The normalized spacial score (nSPS) is 12.0. The largest absolute Gasteiger partial charge is 0.480 e. The molecule has 3 rings (SSSR count). The number of thiol groups is 1. The highest BCUT2D eigenvalue weighted by Gasteiger charge is 2.22. The molecule has 2 N–H and O–H groups in total. The summed E-state index contributed by atoms with van der Waals surface area (Å²) in [6.07, 6.45) is 3.18. The number of carboxylic acid groups (broad SMARTS) is 1. The fourth-order valence-electron chi connectivity index (χ4n) is 4.34. The Kier molecular flexibility index (Phi) is 10.4. The zero-order valence-corrected chi connectivity index (χ0v) is 23.2. The Morgan fingerprint density at radius 3 is 2.58 bits per heavy atom. The number of carboxylic acids is 1. The molecule has 0 aliphatic carbocycles. The first-order valence-electron chi connectivity index (χ1n) is 12.8. The van der Waals surface area contributed by atoms with Gasteiger partial charge in [0.25, 0.3) is 0 Å². The molecule has 9 heteroatoms. The van der Waals surface area contributed by atoms with Gasteiger partial charge in [0.15, 0.2) is 0 Å². The van der Waals surface area contributed by atoms with Gasteiger partial charge in [-0.15, -0.1) is 0 Å². The van der Waals surface area contributed by atoms with Crippen LogP contribution < -0.4 is 10.1 Å². The molecule has 0 spiro atoms. The number of imidazole rings is 1. The molecular formula is C29H36FN3O4S. The lowest BCUT2D eigenvalue weighted by atomic mass is 9.98. The molecule has 0 radical (unpaired) electrons. The Bertz CT molecular complexity index is 1270. The molecule has 0 aliphatic rings. The number of methoxy groups -OCH3 is 1. The highest BCUT2D eigenvalue weighted by Crippen LogP contribution is 2.28. The molecule has 38 heavy (non-hydrogen) atoms. The summed E-state index contributed by atoms with van der Waals surface area (Å²) in [7, 11) is 1.52. The number of nitrogens with zero attached hydrogens (tertiary/aromatic N) is 2. The average Bonchev–Trinajstić information content (AvgIpc) is 3.22. The van der Waals surface area contributed by atoms with Crippen molar-refractivity contribution in [1.82, 2.24) is 14.9 Å². The number of benzene rings is 2. The zero-order valence-electron chi connectivity index (χ0n) is 22.3. The molecular weight excluding hydrogens is 505 g/mol. The van der Waals surface area contributed by atoms with Crippen molar-refractivity contribution in [3.8, 4) is 17.0 Å². The van der Waals surface area contributed by atoms with E-state index in [0.717, 1.165) is 18.7 Å². The van der Waals surface area contributed by atoms with Crippen LogP contribution in [-0.2, 0) is 24.3 Å². The first kappa shape index (κ1) is 29.2. The van der Waals surface area contributed by atoms with Gasteiger partial charge >= 0.3 is 5.97 Å². The van der Waals surface area contributed by atoms with Crippen LogP contribution in [0.25, 0.3) is 11.1 Å². The Morgan fingerprint density at radius 1 is 1.21 bits per heavy atom. The second-order valence-corrected chi connectivity index (χ2v) is 10.3. The fourth-order valence-corrected chi connectivity index (χ4v) is 4.85. The molecule has 0 unspecified atom stereocenters. The quantitative estimate of drug-likeness (QED) is 0.240. The molecule has 1 aromatic heterocycles. The third kappa shape index (κ3) is 7.16.